The van der Waals surface area contributed by atoms with Crippen molar-refractivity contribution in [3.8, 4) is 0 Å². The van der Waals surface area contributed by atoms with Gasteiger partial charge in [-0.1, -0.05) is 24.3 Å². The van der Waals surface area contributed by atoms with Crippen LogP contribution in [0.25, 0.3) is 0 Å². The van der Waals surface area contributed by atoms with Crippen molar-refractivity contribution >= 4 is 11.9 Å². The molecule has 1 aliphatic rings. The molecule has 1 N–H and O–H groups in total. The van der Waals surface area contributed by atoms with E-state index in [9.17, 15) is 14.7 Å². The van der Waals surface area contributed by atoms with Gasteiger partial charge in [-0.05, 0) is 18.1 Å². The molecule has 0 saturated carbocycles. The zero-order chi connectivity index (χ0) is 15.6. The summed E-state index contributed by atoms with van der Waals surface area (Å²) >= 11 is 0. The Kier molecular flexibility index (Phi) is 4.63. The first-order chi connectivity index (χ1) is 9.90. The Morgan fingerprint density at radius 1 is 1.29 bits per heavy atom. The fraction of sp³-hybridized carbons (Fsp3) is 0.500. The average Bonchev–Trinajstić information content (AvgIpc) is 2.83. The zero-order valence-corrected chi connectivity index (χ0v) is 12.7. The van der Waals surface area contributed by atoms with Crippen LogP contribution in [0, 0.1) is 12.8 Å². The standard InChI is InChI=1S/C16H22N2O3/c1-11-6-4-5-7-12(11)13-8-18(9-14(13)16(20)21)10-15(19)17(2)3/h4-7,13-14H,8-10H2,1-3H3,(H,20,21)/t13-,14+/m0/s1. The number of carboxylic acids is 1. The van der Waals surface area contributed by atoms with Gasteiger partial charge >= 0.3 is 5.97 Å². The van der Waals surface area contributed by atoms with E-state index < -0.39 is 11.9 Å². The number of hydrogen-bond donors (Lipinski definition) is 1. The minimum Gasteiger partial charge on any atom is -0.481 e. The molecule has 1 aromatic carbocycles. The van der Waals surface area contributed by atoms with E-state index in [2.05, 4.69) is 0 Å². The number of carbonyl (C=O) groups excluding carboxylic acids is 1. The van der Waals surface area contributed by atoms with Crippen LogP contribution in [-0.4, -0.2) is 60.5 Å². The zero-order valence-electron chi connectivity index (χ0n) is 12.7. The molecule has 1 aromatic rings. The van der Waals surface area contributed by atoms with E-state index in [0.29, 0.717) is 13.1 Å². The van der Waals surface area contributed by atoms with Gasteiger partial charge in [-0.25, -0.2) is 0 Å². The van der Waals surface area contributed by atoms with Gasteiger partial charge in [-0.15, -0.1) is 0 Å². The number of aryl methyl sites for hydroxylation is 1. The van der Waals surface area contributed by atoms with Crippen LogP contribution < -0.4 is 0 Å². The Bertz CT molecular complexity index is 542. The van der Waals surface area contributed by atoms with Gasteiger partial charge in [-0.3, -0.25) is 14.5 Å². The van der Waals surface area contributed by atoms with Crippen LogP contribution in [0.5, 0.6) is 0 Å². The highest BCUT2D eigenvalue weighted by molar-refractivity contribution is 5.78. The second-order valence-corrected chi connectivity index (χ2v) is 5.89. The average molecular weight is 290 g/mol. The quantitative estimate of drug-likeness (QED) is 0.904. The number of carbonyl (C=O) groups is 2. The molecule has 1 heterocycles. The molecule has 1 saturated heterocycles. The van der Waals surface area contributed by atoms with E-state index in [1.165, 1.54) is 4.90 Å². The number of rotatable bonds is 4. The molecular formula is C16H22N2O3. The maximum Gasteiger partial charge on any atom is 0.308 e. The number of aliphatic carboxylic acids is 1. The summed E-state index contributed by atoms with van der Waals surface area (Å²) in [5.41, 5.74) is 2.18. The first kappa shape index (κ1) is 15.5. The maximum absolute atomic E-state index is 11.8. The van der Waals surface area contributed by atoms with Crippen LogP contribution >= 0.6 is 0 Å². The molecule has 0 radical (unpaired) electrons. The third kappa shape index (κ3) is 3.42. The Morgan fingerprint density at radius 2 is 1.95 bits per heavy atom. The Balaban J connectivity index is 2.19. The molecule has 5 nitrogen and oxygen atoms in total. The second kappa shape index (κ2) is 6.26. The molecule has 21 heavy (non-hydrogen) atoms. The summed E-state index contributed by atoms with van der Waals surface area (Å²) < 4.78 is 0. The summed E-state index contributed by atoms with van der Waals surface area (Å²) in [6.07, 6.45) is 0. The van der Waals surface area contributed by atoms with Gasteiger partial charge in [0.2, 0.25) is 5.91 Å². The lowest BCUT2D eigenvalue weighted by Gasteiger charge is -2.19. The van der Waals surface area contributed by atoms with Crippen molar-refractivity contribution < 1.29 is 14.7 Å². The van der Waals surface area contributed by atoms with Gasteiger partial charge in [-0.2, -0.15) is 0 Å². The minimum absolute atomic E-state index is 0.00423. The van der Waals surface area contributed by atoms with E-state index in [-0.39, 0.29) is 18.4 Å². The smallest absolute Gasteiger partial charge is 0.308 e. The summed E-state index contributed by atoms with van der Waals surface area (Å²) in [6.45, 7) is 3.32. The van der Waals surface area contributed by atoms with Crippen LogP contribution in [0.2, 0.25) is 0 Å². The molecule has 114 valence electrons. The van der Waals surface area contributed by atoms with E-state index in [4.69, 9.17) is 0 Å². The van der Waals surface area contributed by atoms with E-state index in [1.54, 1.807) is 14.1 Å². The monoisotopic (exact) mass is 290 g/mol. The summed E-state index contributed by atoms with van der Waals surface area (Å²) in [6, 6.07) is 7.89. The largest absolute Gasteiger partial charge is 0.481 e. The summed E-state index contributed by atoms with van der Waals surface area (Å²) in [4.78, 5) is 26.8. The van der Waals surface area contributed by atoms with Crippen LogP contribution in [0.3, 0.4) is 0 Å². The number of nitrogens with zero attached hydrogens (tertiary/aromatic N) is 2. The number of carboxylic acid groups (broad SMARTS) is 1. The Labute approximate surface area is 125 Å². The Hall–Kier alpha value is -1.88. The van der Waals surface area contributed by atoms with Crippen molar-refractivity contribution in [3.05, 3.63) is 35.4 Å². The number of likely N-dealkylation sites (N-methyl/N-ethyl adjacent to an activating group) is 1. The summed E-state index contributed by atoms with van der Waals surface area (Å²) in [5, 5.41) is 9.47. The predicted molar refractivity (Wildman–Crippen MR) is 80.2 cm³/mol. The minimum atomic E-state index is -0.789. The van der Waals surface area contributed by atoms with E-state index in [1.807, 2.05) is 36.1 Å². The predicted octanol–water partition coefficient (Wildman–Crippen LogP) is 1.18. The van der Waals surface area contributed by atoms with Crippen molar-refractivity contribution in [2.45, 2.75) is 12.8 Å². The molecule has 1 fully saturated rings. The van der Waals surface area contributed by atoms with Crippen LogP contribution in [0.1, 0.15) is 17.0 Å². The number of amides is 1. The first-order valence-corrected chi connectivity index (χ1v) is 7.11. The van der Waals surface area contributed by atoms with Crippen molar-refractivity contribution in [2.24, 2.45) is 5.92 Å². The topological polar surface area (TPSA) is 60.9 Å². The van der Waals surface area contributed by atoms with Gasteiger partial charge in [0, 0.05) is 33.1 Å². The third-order valence-corrected chi connectivity index (χ3v) is 4.16. The normalized spacial score (nSPS) is 22.2. The molecule has 1 amide bonds. The highest BCUT2D eigenvalue weighted by Gasteiger charge is 2.39. The van der Waals surface area contributed by atoms with Crippen LogP contribution in [0.15, 0.2) is 24.3 Å². The van der Waals surface area contributed by atoms with Crippen molar-refractivity contribution in [1.82, 2.24) is 9.80 Å². The van der Waals surface area contributed by atoms with Crippen LogP contribution in [0.4, 0.5) is 0 Å². The molecule has 0 unspecified atom stereocenters. The number of likely N-dealkylation sites (tertiary alicyclic amines) is 1. The van der Waals surface area contributed by atoms with Gasteiger partial charge in [0.15, 0.2) is 0 Å². The Morgan fingerprint density at radius 3 is 2.52 bits per heavy atom. The molecule has 5 heteroatoms. The maximum atomic E-state index is 11.8. The van der Waals surface area contributed by atoms with E-state index in [0.717, 1.165) is 11.1 Å². The second-order valence-electron chi connectivity index (χ2n) is 5.89. The fourth-order valence-electron chi connectivity index (χ4n) is 2.92. The first-order valence-electron chi connectivity index (χ1n) is 7.11. The molecule has 2 atom stereocenters. The molecule has 0 aromatic heterocycles. The lowest BCUT2D eigenvalue weighted by Crippen LogP contribution is -2.35. The molecule has 1 aliphatic heterocycles. The number of hydrogen-bond acceptors (Lipinski definition) is 3. The van der Waals surface area contributed by atoms with Gasteiger partial charge in [0.05, 0.1) is 12.5 Å². The SMILES string of the molecule is Cc1ccccc1[C@@H]1CN(CC(=O)N(C)C)C[C@H]1C(=O)O. The number of benzene rings is 1. The lowest BCUT2D eigenvalue weighted by atomic mass is 9.86. The molecule has 0 bridgehead atoms. The van der Waals surface area contributed by atoms with Crippen LogP contribution in [-0.2, 0) is 9.59 Å². The van der Waals surface area contributed by atoms with Gasteiger partial charge in [0.1, 0.15) is 0 Å². The van der Waals surface area contributed by atoms with Crippen molar-refractivity contribution in [3.63, 3.8) is 0 Å². The fourth-order valence-corrected chi connectivity index (χ4v) is 2.92. The highest BCUT2D eigenvalue weighted by Crippen LogP contribution is 2.34. The molecular weight excluding hydrogens is 268 g/mol. The van der Waals surface area contributed by atoms with Gasteiger partial charge in [0.25, 0.3) is 0 Å². The highest BCUT2D eigenvalue weighted by atomic mass is 16.4. The third-order valence-electron chi connectivity index (χ3n) is 4.16. The molecule has 2 rings (SSSR count). The summed E-state index contributed by atoms with van der Waals surface area (Å²) in [5.74, 6) is -1.30. The molecule has 0 aliphatic carbocycles. The van der Waals surface area contributed by atoms with Crippen molar-refractivity contribution in [2.75, 3.05) is 33.7 Å². The summed E-state index contributed by atoms with van der Waals surface area (Å²) in [7, 11) is 3.43. The lowest BCUT2D eigenvalue weighted by molar-refractivity contribution is -0.142. The van der Waals surface area contributed by atoms with E-state index >= 15 is 0 Å². The van der Waals surface area contributed by atoms with Crippen molar-refractivity contribution in [1.29, 1.82) is 0 Å². The van der Waals surface area contributed by atoms with Gasteiger partial charge < -0.3 is 10.0 Å². The molecule has 0 spiro atoms.